The highest BCUT2D eigenvalue weighted by Crippen LogP contribution is 2.27. The van der Waals surface area contributed by atoms with Gasteiger partial charge in [-0.2, -0.15) is 0 Å². The summed E-state index contributed by atoms with van der Waals surface area (Å²) < 4.78 is 35.6. The van der Waals surface area contributed by atoms with Gasteiger partial charge in [0.05, 0.1) is 29.8 Å². The molecule has 1 atom stereocenters. The Labute approximate surface area is 175 Å². The fourth-order valence-electron chi connectivity index (χ4n) is 3.35. The molecule has 158 valence electrons. The number of amides is 1. The summed E-state index contributed by atoms with van der Waals surface area (Å²) in [4.78, 5) is 16.9. The van der Waals surface area contributed by atoms with Crippen LogP contribution < -0.4 is 0 Å². The first kappa shape index (κ1) is 20.6. The molecular weight excluding hydrogens is 411 g/mol. The van der Waals surface area contributed by atoms with Gasteiger partial charge in [-0.3, -0.25) is 10.0 Å². The van der Waals surface area contributed by atoms with E-state index in [0.29, 0.717) is 53.7 Å². The number of hydrogen-bond acceptors (Lipinski definition) is 5. The standard InChI is InChI=1S/C20H21FN4O4S/c1-23(27)20(26)17-10-16-18(11-22-17)24(12-14-2-4-15(21)5-3-14)13-19(16)30(28)25-6-8-29-9-7-25/h2-5,10-11,13,27H,6-9,12H2,1H3. The Kier molecular flexibility index (Phi) is 5.91. The molecule has 1 fully saturated rings. The molecule has 1 aliphatic rings. The summed E-state index contributed by atoms with van der Waals surface area (Å²) in [6, 6.07) is 7.69. The van der Waals surface area contributed by atoms with Gasteiger partial charge in [-0.15, -0.1) is 0 Å². The third-order valence-corrected chi connectivity index (χ3v) is 6.44. The van der Waals surface area contributed by atoms with E-state index < -0.39 is 16.9 Å². The lowest BCUT2D eigenvalue weighted by atomic mass is 10.2. The lowest BCUT2D eigenvalue weighted by molar-refractivity contribution is -0.0379. The van der Waals surface area contributed by atoms with Crippen LogP contribution in [0.4, 0.5) is 4.39 Å². The molecule has 4 rings (SSSR count). The highest BCUT2D eigenvalue weighted by molar-refractivity contribution is 7.83. The number of carbonyl (C=O) groups excluding carboxylic acids is 1. The minimum Gasteiger partial charge on any atom is -0.379 e. The zero-order valence-electron chi connectivity index (χ0n) is 16.3. The van der Waals surface area contributed by atoms with Crippen LogP contribution in [-0.4, -0.2) is 67.6 Å². The van der Waals surface area contributed by atoms with Crippen LogP contribution in [0.1, 0.15) is 16.1 Å². The number of hydrogen-bond donors (Lipinski definition) is 1. The molecule has 0 radical (unpaired) electrons. The van der Waals surface area contributed by atoms with Gasteiger partial charge in [0.2, 0.25) is 0 Å². The number of hydroxylamine groups is 2. The highest BCUT2D eigenvalue weighted by Gasteiger charge is 2.24. The molecule has 2 aromatic heterocycles. The van der Waals surface area contributed by atoms with Crippen LogP contribution in [0.15, 0.2) is 47.6 Å². The Hall–Kier alpha value is -2.66. The Balaban J connectivity index is 1.78. The van der Waals surface area contributed by atoms with Crippen LogP contribution in [-0.2, 0) is 22.3 Å². The van der Waals surface area contributed by atoms with Gasteiger partial charge in [-0.25, -0.2) is 23.0 Å². The van der Waals surface area contributed by atoms with Crippen LogP contribution in [0, 0.1) is 5.82 Å². The Morgan fingerprint density at radius 2 is 2.00 bits per heavy atom. The first-order valence-corrected chi connectivity index (χ1v) is 10.5. The Bertz CT molecular complexity index is 1090. The maximum Gasteiger partial charge on any atom is 0.295 e. The third kappa shape index (κ3) is 4.12. The molecule has 3 aromatic rings. The molecule has 1 N–H and O–H groups in total. The molecule has 1 amide bonds. The molecule has 3 heterocycles. The molecule has 10 heteroatoms. The average Bonchev–Trinajstić information content (AvgIpc) is 3.12. The minimum absolute atomic E-state index is 0.0484. The van der Waals surface area contributed by atoms with Crippen molar-refractivity contribution in [2.24, 2.45) is 0 Å². The normalized spacial score (nSPS) is 16.0. The van der Waals surface area contributed by atoms with Crippen LogP contribution in [0.2, 0.25) is 0 Å². The van der Waals surface area contributed by atoms with Crippen molar-refractivity contribution in [2.45, 2.75) is 11.4 Å². The quantitative estimate of drug-likeness (QED) is 0.493. The molecule has 1 saturated heterocycles. The lowest BCUT2D eigenvalue weighted by Gasteiger charge is -2.24. The van der Waals surface area contributed by atoms with Gasteiger partial charge in [0, 0.05) is 38.3 Å². The van der Waals surface area contributed by atoms with E-state index in [9.17, 15) is 18.6 Å². The predicted octanol–water partition coefficient (Wildman–Crippen LogP) is 2.04. The van der Waals surface area contributed by atoms with Gasteiger partial charge in [-0.1, -0.05) is 12.1 Å². The van der Waals surface area contributed by atoms with Gasteiger partial charge in [0.15, 0.2) is 0 Å². The van der Waals surface area contributed by atoms with E-state index in [2.05, 4.69) is 4.98 Å². The van der Waals surface area contributed by atoms with Crippen molar-refractivity contribution in [1.82, 2.24) is 18.9 Å². The summed E-state index contributed by atoms with van der Waals surface area (Å²) in [5.41, 5.74) is 1.60. The minimum atomic E-state index is -1.46. The van der Waals surface area contributed by atoms with Crippen LogP contribution in [0.5, 0.6) is 0 Å². The van der Waals surface area contributed by atoms with Crippen LogP contribution in [0.3, 0.4) is 0 Å². The van der Waals surface area contributed by atoms with Crippen molar-refractivity contribution in [1.29, 1.82) is 0 Å². The number of pyridine rings is 1. The zero-order valence-corrected chi connectivity index (χ0v) is 17.1. The third-order valence-electron chi connectivity index (χ3n) is 4.90. The first-order valence-electron chi connectivity index (χ1n) is 9.39. The number of fused-ring (bicyclic) bond motifs is 1. The van der Waals surface area contributed by atoms with E-state index in [4.69, 9.17) is 4.74 Å². The summed E-state index contributed by atoms with van der Waals surface area (Å²) in [7, 11) is -0.237. The number of ether oxygens (including phenoxy) is 1. The summed E-state index contributed by atoms with van der Waals surface area (Å²) in [5.74, 6) is -0.977. The van der Waals surface area contributed by atoms with E-state index in [-0.39, 0.29) is 11.5 Å². The average molecular weight is 432 g/mol. The van der Waals surface area contributed by atoms with Gasteiger partial charge in [0.1, 0.15) is 22.5 Å². The number of benzene rings is 1. The number of rotatable bonds is 5. The molecule has 30 heavy (non-hydrogen) atoms. The number of morpholine rings is 1. The number of carbonyl (C=O) groups is 1. The summed E-state index contributed by atoms with van der Waals surface area (Å²) in [5, 5.41) is 10.6. The smallest absolute Gasteiger partial charge is 0.295 e. The second kappa shape index (κ2) is 8.60. The van der Waals surface area contributed by atoms with E-state index in [1.807, 2.05) is 8.87 Å². The predicted molar refractivity (Wildman–Crippen MR) is 108 cm³/mol. The fourth-order valence-corrected chi connectivity index (χ4v) is 4.67. The maximum absolute atomic E-state index is 13.3. The van der Waals surface area contributed by atoms with Gasteiger partial charge >= 0.3 is 0 Å². The molecule has 0 saturated carbocycles. The molecule has 0 aliphatic carbocycles. The van der Waals surface area contributed by atoms with Gasteiger partial charge < -0.3 is 9.30 Å². The summed E-state index contributed by atoms with van der Waals surface area (Å²) in [6.07, 6.45) is 3.30. The molecule has 1 aliphatic heterocycles. The van der Waals surface area contributed by atoms with Crippen molar-refractivity contribution in [2.75, 3.05) is 33.4 Å². The van der Waals surface area contributed by atoms with Crippen molar-refractivity contribution in [3.8, 4) is 0 Å². The zero-order chi connectivity index (χ0) is 21.3. The van der Waals surface area contributed by atoms with E-state index in [0.717, 1.165) is 5.56 Å². The summed E-state index contributed by atoms with van der Waals surface area (Å²) in [6.45, 7) is 2.49. The van der Waals surface area contributed by atoms with Crippen molar-refractivity contribution >= 4 is 27.8 Å². The van der Waals surface area contributed by atoms with Gasteiger partial charge in [0.25, 0.3) is 5.91 Å². The Morgan fingerprint density at radius 3 is 2.67 bits per heavy atom. The van der Waals surface area contributed by atoms with Gasteiger partial charge in [-0.05, 0) is 23.8 Å². The topological polar surface area (TPSA) is 87.9 Å². The molecular formula is C20H21FN4O4S. The monoisotopic (exact) mass is 432 g/mol. The fraction of sp³-hybridized carbons (Fsp3) is 0.300. The highest BCUT2D eigenvalue weighted by atomic mass is 32.2. The number of aromatic nitrogens is 2. The Morgan fingerprint density at radius 1 is 1.30 bits per heavy atom. The van der Waals surface area contributed by atoms with Crippen molar-refractivity contribution < 1.29 is 23.3 Å². The molecule has 1 aromatic carbocycles. The van der Waals surface area contributed by atoms with E-state index in [1.165, 1.54) is 25.4 Å². The molecule has 8 nitrogen and oxygen atoms in total. The van der Waals surface area contributed by atoms with Crippen molar-refractivity contribution in [3.05, 3.63) is 59.8 Å². The van der Waals surface area contributed by atoms with Crippen molar-refractivity contribution in [3.63, 3.8) is 0 Å². The first-order chi connectivity index (χ1) is 14.4. The van der Waals surface area contributed by atoms with E-state index >= 15 is 0 Å². The molecule has 0 spiro atoms. The number of halogens is 1. The summed E-state index contributed by atoms with van der Waals surface area (Å²) >= 11 is 0. The largest absolute Gasteiger partial charge is 0.379 e. The van der Waals surface area contributed by atoms with Crippen LogP contribution in [0.25, 0.3) is 10.9 Å². The van der Waals surface area contributed by atoms with Crippen LogP contribution >= 0.6 is 0 Å². The molecule has 0 bridgehead atoms. The molecule has 1 unspecified atom stereocenters. The lowest BCUT2D eigenvalue weighted by Crippen LogP contribution is -2.37. The second-order valence-corrected chi connectivity index (χ2v) is 8.41. The second-order valence-electron chi connectivity index (χ2n) is 6.95. The van der Waals surface area contributed by atoms with E-state index in [1.54, 1.807) is 24.4 Å². The number of nitrogens with zero attached hydrogens (tertiary/aromatic N) is 4. The maximum atomic E-state index is 13.3. The SMILES string of the molecule is CN(O)C(=O)c1cc2c(S(=O)N3CCOCC3)cn(Cc3ccc(F)cc3)c2cn1.